The van der Waals surface area contributed by atoms with Crippen LogP contribution in [0.4, 0.5) is 0 Å². The van der Waals surface area contributed by atoms with Gasteiger partial charge in [0.2, 0.25) is 5.88 Å². The lowest BCUT2D eigenvalue weighted by molar-refractivity contribution is 0.268. The predicted molar refractivity (Wildman–Crippen MR) is 69.3 cm³/mol. The van der Waals surface area contributed by atoms with Crippen molar-refractivity contribution in [3.63, 3.8) is 0 Å². The summed E-state index contributed by atoms with van der Waals surface area (Å²) in [5.41, 5.74) is 2.99. The Hall–Kier alpha value is -1.55. The minimum atomic E-state index is 0.555. The van der Waals surface area contributed by atoms with Crippen LogP contribution in [-0.4, -0.2) is 15.0 Å². The summed E-state index contributed by atoms with van der Waals surface area (Å²) in [6.07, 6.45) is 3.13. The summed E-state index contributed by atoms with van der Waals surface area (Å²) in [4.78, 5) is 0. The van der Waals surface area contributed by atoms with Gasteiger partial charge in [0, 0.05) is 10.6 Å². The standard InChI is InChI=1S/C13H14ClN3O/c1-2-3-4-11-13-17(16-15-11)12-7-10(14)6-5-9(12)8-18-13/h5-7H,2-4,8H2,1H3. The fraction of sp³-hybridized carbons (Fsp3) is 0.385. The van der Waals surface area contributed by atoms with E-state index in [9.17, 15) is 0 Å². The first-order chi connectivity index (χ1) is 8.79. The summed E-state index contributed by atoms with van der Waals surface area (Å²) in [5.74, 6) is 0.762. The minimum absolute atomic E-state index is 0.555. The molecule has 5 heteroatoms. The van der Waals surface area contributed by atoms with E-state index in [1.54, 1.807) is 4.68 Å². The highest BCUT2D eigenvalue weighted by Gasteiger charge is 2.22. The van der Waals surface area contributed by atoms with Gasteiger partial charge < -0.3 is 4.74 Å². The molecule has 3 rings (SSSR count). The average molecular weight is 264 g/mol. The normalized spacial score (nSPS) is 12.8. The van der Waals surface area contributed by atoms with Crippen LogP contribution in [0.25, 0.3) is 5.69 Å². The van der Waals surface area contributed by atoms with Crippen molar-refractivity contribution in [2.45, 2.75) is 32.8 Å². The Morgan fingerprint density at radius 2 is 2.33 bits per heavy atom. The summed E-state index contributed by atoms with van der Waals surface area (Å²) in [6.45, 7) is 2.71. The summed E-state index contributed by atoms with van der Waals surface area (Å²) in [5, 5.41) is 9.08. The Morgan fingerprint density at radius 3 is 3.17 bits per heavy atom. The lowest BCUT2D eigenvalue weighted by Gasteiger charge is -2.18. The van der Waals surface area contributed by atoms with Crippen LogP contribution in [0.2, 0.25) is 5.02 Å². The molecule has 1 aliphatic rings. The van der Waals surface area contributed by atoms with Gasteiger partial charge in [0.1, 0.15) is 12.3 Å². The molecule has 0 fully saturated rings. The quantitative estimate of drug-likeness (QED) is 0.854. The molecule has 4 nitrogen and oxygen atoms in total. The molecule has 0 saturated heterocycles. The van der Waals surface area contributed by atoms with Gasteiger partial charge in [0.15, 0.2) is 0 Å². The smallest absolute Gasteiger partial charge is 0.241 e. The molecule has 0 spiro atoms. The lowest BCUT2D eigenvalue weighted by atomic mass is 10.1. The Morgan fingerprint density at radius 1 is 1.44 bits per heavy atom. The second kappa shape index (κ2) is 4.61. The molecule has 1 aromatic carbocycles. The number of ether oxygens (including phenoxy) is 1. The number of aryl methyl sites for hydroxylation is 1. The van der Waals surface area contributed by atoms with Gasteiger partial charge in [-0.05, 0) is 25.0 Å². The monoisotopic (exact) mass is 263 g/mol. The molecule has 0 radical (unpaired) electrons. The molecule has 18 heavy (non-hydrogen) atoms. The third-order valence-corrected chi connectivity index (χ3v) is 3.34. The maximum Gasteiger partial charge on any atom is 0.241 e. The van der Waals surface area contributed by atoms with E-state index in [-0.39, 0.29) is 0 Å². The summed E-state index contributed by atoms with van der Waals surface area (Å²) in [6, 6.07) is 5.73. The summed E-state index contributed by atoms with van der Waals surface area (Å²) < 4.78 is 7.50. The molecule has 2 heterocycles. The van der Waals surface area contributed by atoms with Crippen LogP contribution in [0.5, 0.6) is 5.88 Å². The second-order valence-corrected chi connectivity index (χ2v) is 4.85. The van der Waals surface area contributed by atoms with Crippen LogP contribution >= 0.6 is 11.6 Å². The molecule has 0 saturated carbocycles. The first-order valence-electron chi connectivity index (χ1n) is 6.15. The molecule has 0 N–H and O–H groups in total. The highest BCUT2D eigenvalue weighted by molar-refractivity contribution is 6.30. The van der Waals surface area contributed by atoms with Crippen LogP contribution in [0.3, 0.4) is 0 Å². The van der Waals surface area contributed by atoms with Crippen molar-refractivity contribution in [3.05, 3.63) is 34.5 Å². The van der Waals surface area contributed by atoms with Crippen LogP contribution in [0, 0.1) is 0 Å². The molecular formula is C13H14ClN3O. The first-order valence-corrected chi connectivity index (χ1v) is 6.53. The van der Waals surface area contributed by atoms with E-state index in [0.717, 1.165) is 42.1 Å². The van der Waals surface area contributed by atoms with Crippen molar-refractivity contribution in [1.82, 2.24) is 15.0 Å². The maximum atomic E-state index is 6.03. The highest BCUT2D eigenvalue weighted by atomic mass is 35.5. The fourth-order valence-electron chi connectivity index (χ4n) is 2.11. The largest absolute Gasteiger partial charge is 0.471 e. The van der Waals surface area contributed by atoms with E-state index in [2.05, 4.69) is 17.2 Å². The molecule has 0 aliphatic carbocycles. The van der Waals surface area contributed by atoms with Crippen molar-refractivity contribution in [2.24, 2.45) is 0 Å². The molecule has 0 unspecified atom stereocenters. The lowest BCUT2D eigenvalue weighted by Crippen LogP contribution is -2.13. The van der Waals surface area contributed by atoms with Gasteiger partial charge in [-0.1, -0.05) is 36.2 Å². The van der Waals surface area contributed by atoms with Crippen LogP contribution in [0.15, 0.2) is 18.2 Å². The van der Waals surface area contributed by atoms with Crippen molar-refractivity contribution >= 4 is 11.6 Å². The zero-order valence-corrected chi connectivity index (χ0v) is 10.9. The third kappa shape index (κ3) is 1.86. The number of benzene rings is 1. The molecule has 0 bridgehead atoms. The fourth-order valence-corrected chi connectivity index (χ4v) is 2.28. The average Bonchev–Trinajstić information content (AvgIpc) is 2.79. The molecule has 0 amide bonds. The number of rotatable bonds is 3. The van der Waals surface area contributed by atoms with E-state index >= 15 is 0 Å². The van der Waals surface area contributed by atoms with Crippen molar-refractivity contribution < 1.29 is 4.74 Å². The number of unbranched alkanes of at least 4 members (excludes halogenated alkanes) is 1. The van der Waals surface area contributed by atoms with E-state index < -0.39 is 0 Å². The molecule has 2 aromatic rings. The topological polar surface area (TPSA) is 39.9 Å². The number of fused-ring (bicyclic) bond motifs is 3. The first kappa shape index (κ1) is 11.5. The number of hydrogen-bond donors (Lipinski definition) is 0. The van der Waals surface area contributed by atoms with E-state index in [1.165, 1.54) is 0 Å². The van der Waals surface area contributed by atoms with Gasteiger partial charge in [0.05, 0.1) is 5.69 Å². The van der Waals surface area contributed by atoms with E-state index in [1.807, 2.05) is 18.2 Å². The number of nitrogens with zero attached hydrogens (tertiary/aromatic N) is 3. The molecule has 1 aromatic heterocycles. The Balaban J connectivity index is 2.03. The Labute approximate surface area is 111 Å². The number of halogens is 1. The van der Waals surface area contributed by atoms with Gasteiger partial charge in [-0.3, -0.25) is 0 Å². The molecule has 0 atom stereocenters. The van der Waals surface area contributed by atoms with Gasteiger partial charge in [-0.15, -0.1) is 5.10 Å². The van der Waals surface area contributed by atoms with Crippen molar-refractivity contribution in [3.8, 4) is 11.6 Å². The zero-order valence-electron chi connectivity index (χ0n) is 10.2. The SMILES string of the molecule is CCCCc1nnn2c1OCc1ccc(Cl)cc1-2. The maximum absolute atomic E-state index is 6.03. The summed E-state index contributed by atoms with van der Waals surface area (Å²) >= 11 is 6.03. The minimum Gasteiger partial charge on any atom is -0.471 e. The number of hydrogen-bond acceptors (Lipinski definition) is 3. The van der Waals surface area contributed by atoms with Crippen LogP contribution in [0.1, 0.15) is 31.0 Å². The van der Waals surface area contributed by atoms with Gasteiger partial charge in [-0.25, -0.2) is 0 Å². The van der Waals surface area contributed by atoms with Gasteiger partial charge in [-0.2, -0.15) is 4.68 Å². The number of aromatic nitrogens is 3. The van der Waals surface area contributed by atoms with E-state index in [0.29, 0.717) is 11.6 Å². The van der Waals surface area contributed by atoms with Gasteiger partial charge >= 0.3 is 0 Å². The third-order valence-electron chi connectivity index (χ3n) is 3.10. The second-order valence-electron chi connectivity index (χ2n) is 4.42. The summed E-state index contributed by atoms with van der Waals surface area (Å²) in [7, 11) is 0. The Kier molecular flexibility index (Phi) is 2.96. The zero-order chi connectivity index (χ0) is 12.5. The predicted octanol–water partition coefficient (Wildman–Crippen LogP) is 3.16. The molecular weight excluding hydrogens is 250 g/mol. The Bertz CT molecular complexity index is 580. The molecule has 94 valence electrons. The van der Waals surface area contributed by atoms with Crippen molar-refractivity contribution in [1.29, 1.82) is 0 Å². The highest BCUT2D eigenvalue weighted by Crippen LogP contribution is 2.31. The van der Waals surface area contributed by atoms with Crippen LogP contribution in [-0.2, 0) is 13.0 Å². The van der Waals surface area contributed by atoms with Crippen molar-refractivity contribution in [2.75, 3.05) is 0 Å². The molecule has 1 aliphatic heterocycles. The van der Waals surface area contributed by atoms with Gasteiger partial charge in [0.25, 0.3) is 0 Å². The van der Waals surface area contributed by atoms with E-state index in [4.69, 9.17) is 16.3 Å². The van der Waals surface area contributed by atoms with Crippen LogP contribution < -0.4 is 4.74 Å².